The number of hydrogen-bond donors (Lipinski definition) is 0. The number of hydrogen-bond acceptors (Lipinski definition) is 7. The Morgan fingerprint density at radius 2 is 1.72 bits per heavy atom. The minimum Gasteiger partial charge on any atom is -0.455 e. The van der Waals surface area contributed by atoms with E-state index in [1.165, 1.54) is 4.31 Å². The zero-order valence-electron chi connectivity index (χ0n) is 17.5. The Morgan fingerprint density at radius 1 is 1.14 bits per heavy atom. The maximum absolute atomic E-state index is 13.3. The summed E-state index contributed by atoms with van der Waals surface area (Å²) in [5.41, 5.74) is 3.48. The Balaban J connectivity index is 1.66. The quantitative estimate of drug-likeness (QED) is 0.684. The first-order valence-corrected chi connectivity index (χ1v) is 11.1. The molecule has 0 aliphatic carbocycles. The number of sulfonamides is 1. The molecule has 0 bridgehead atoms. The van der Waals surface area contributed by atoms with E-state index in [1.54, 1.807) is 6.92 Å². The standard InChI is InChI=1S/C20H27N3O5S/c1-12-10-13(2)15(4)19(14(12)3)29(25,26)23-8-6-17(7-9-23)20(24)27-11-18-21-16(5)22-28-18/h10,17H,6-9,11H2,1-5H3. The van der Waals surface area contributed by atoms with Crippen molar-refractivity contribution in [2.75, 3.05) is 13.1 Å². The third-order valence-electron chi connectivity index (χ3n) is 5.59. The number of rotatable bonds is 5. The second-order valence-electron chi connectivity index (χ2n) is 7.61. The summed E-state index contributed by atoms with van der Waals surface area (Å²) in [6.07, 6.45) is 0.841. The average Bonchev–Trinajstić information content (AvgIpc) is 3.10. The Bertz CT molecular complexity index is 995. The number of aromatic nitrogens is 2. The summed E-state index contributed by atoms with van der Waals surface area (Å²) >= 11 is 0. The Hall–Kier alpha value is -2.26. The highest BCUT2D eigenvalue weighted by atomic mass is 32.2. The number of nitrogens with zero attached hydrogens (tertiary/aromatic N) is 3. The van der Waals surface area contributed by atoms with Gasteiger partial charge in [-0.05, 0) is 69.7 Å². The van der Waals surface area contributed by atoms with Crippen molar-refractivity contribution in [3.63, 3.8) is 0 Å². The van der Waals surface area contributed by atoms with Crippen LogP contribution in [0.1, 0.15) is 46.8 Å². The number of carbonyl (C=O) groups excluding carboxylic acids is 1. The lowest BCUT2D eigenvalue weighted by atomic mass is 9.98. The fourth-order valence-electron chi connectivity index (χ4n) is 3.68. The van der Waals surface area contributed by atoms with Gasteiger partial charge in [0.25, 0.3) is 5.89 Å². The van der Waals surface area contributed by atoms with Crippen molar-refractivity contribution < 1.29 is 22.5 Å². The minimum absolute atomic E-state index is 0.0703. The number of esters is 1. The molecule has 0 radical (unpaired) electrons. The van der Waals surface area contributed by atoms with Crippen molar-refractivity contribution in [2.24, 2.45) is 5.92 Å². The molecule has 1 aromatic carbocycles. The number of benzene rings is 1. The summed E-state index contributed by atoms with van der Waals surface area (Å²) in [4.78, 5) is 16.7. The van der Waals surface area contributed by atoms with Crippen LogP contribution in [0.25, 0.3) is 0 Å². The molecule has 0 N–H and O–H groups in total. The van der Waals surface area contributed by atoms with Crippen LogP contribution < -0.4 is 0 Å². The predicted octanol–water partition coefficient (Wildman–Crippen LogP) is 2.76. The summed E-state index contributed by atoms with van der Waals surface area (Å²) in [6, 6.07) is 2.01. The first kappa shape index (κ1) is 21.4. The van der Waals surface area contributed by atoms with Gasteiger partial charge in [-0.3, -0.25) is 4.79 Å². The van der Waals surface area contributed by atoms with Crippen LogP contribution in [0, 0.1) is 40.5 Å². The molecule has 1 aliphatic rings. The van der Waals surface area contributed by atoms with Crippen LogP contribution in [0.2, 0.25) is 0 Å². The number of aryl methyl sites for hydroxylation is 3. The van der Waals surface area contributed by atoms with Crippen LogP contribution in [-0.4, -0.2) is 41.9 Å². The van der Waals surface area contributed by atoms with Crippen molar-refractivity contribution in [3.8, 4) is 0 Å². The summed E-state index contributed by atoms with van der Waals surface area (Å²) in [5, 5.41) is 3.65. The van der Waals surface area contributed by atoms with E-state index in [1.807, 2.05) is 33.8 Å². The number of ether oxygens (including phenoxy) is 1. The molecule has 0 unspecified atom stereocenters. The van der Waals surface area contributed by atoms with Crippen molar-refractivity contribution in [1.29, 1.82) is 0 Å². The summed E-state index contributed by atoms with van der Waals surface area (Å²) in [5.74, 6) is 0.0201. The van der Waals surface area contributed by atoms with Gasteiger partial charge in [-0.2, -0.15) is 9.29 Å². The Morgan fingerprint density at radius 3 is 2.24 bits per heavy atom. The van der Waals surface area contributed by atoms with Gasteiger partial charge in [0.05, 0.1) is 10.8 Å². The predicted molar refractivity (Wildman–Crippen MR) is 106 cm³/mol. The smallest absolute Gasteiger partial charge is 0.309 e. The summed E-state index contributed by atoms with van der Waals surface area (Å²) < 4.78 is 38.3. The second-order valence-corrected chi connectivity index (χ2v) is 9.49. The van der Waals surface area contributed by atoms with Gasteiger partial charge in [-0.15, -0.1) is 0 Å². The molecule has 8 nitrogen and oxygen atoms in total. The largest absolute Gasteiger partial charge is 0.455 e. The summed E-state index contributed by atoms with van der Waals surface area (Å²) in [7, 11) is -3.62. The van der Waals surface area contributed by atoms with E-state index < -0.39 is 10.0 Å². The first-order valence-electron chi connectivity index (χ1n) is 9.64. The molecule has 0 amide bonds. The Kier molecular flexibility index (Phi) is 6.09. The van der Waals surface area contributed by atoms with E-state index in [-0.39, 0.29) is 37.5 Å². The highest BCUT2D eigenvalue weighted by Gasteiger charge is 2.35. The SMILES string of the molecule is Cc1noc(COC(=O)C2CCN(S(=O)(=O)c3c(C)c(C)cc(C)c3C)CC2)n1. The summed E-state index contributed by atoms with van der Waals surface area (Å²) in [6.45, 7) is 9.72. The van der Waals surface area contributed by atoms with Gasteiger partial charge in [0.15, 0.2) is 12.4 Å². The Labute approximate surface area is 171 Å². The maximum atomic E-state index is 13.3. The van der Waals surface area contributed by atoms with Gasteiger partial charge in [-0.1, -0.05) is 11.2 Å². The van der Waals surface area contributed by atoms with Gasteiger partial charge in [0.1, 0.15) is 0 Å². The van der Waals surface area contributed by atoms with E-state index in [0.29, 0.717) is 23.6 Å². The van der Waals surface area contributed by atoms with E-state index >= 15 is 0 Å². The van der Waals surface area contributed by atoms with Crippen LogP contribution in [-0.2, 0) is 26.2 Å². The molecule has 2 heterocycles. The molecule has 29 heavy (non-hydrogen) atoms. The monoisotopic (exact) mass is 421 g/mol. The minimum atomic E-state index is -3.62. The van der Waals surface area contributed by atoms with Crippen LogP contribution in [0.5, 0.6) is 0 Å². The van der Waals surface area contributed by atoms with Crippen molar-refractivity contribution >= 4 is 16.0 Å². The fourth-order valence-corrected chi connectivity index (χ4v) is 5.72. The molecule has 3 rings (SSSR count). The average molecular weight is 422 g/mol. The highest BCUT2D eigenvalue weighted by Crippen LogP contribution is 2.31. The molecular weight excluding hydrogens is 394 g/mol. The van der Waals surface area contributed by atoms with Gasteiger partial charge in [-0.25, -0.2) is 8.42 Å². The topological polar surface area (TPSA) is 103 Å². The van der Waals surface area contributed by atoms with Crippen molar-refractivity contribution in [1.82, 2.24) is 14.4 Å². The molecule has 0 spiro atoms. The van der Waals surface area contributed by atoms with Crippen LogP contribution in [0.3, 0.4) is 0 Å². The van der Waals surface area contributed by atoms with Gasteiger partial charge < -0.3 is 9.26 Å². The lowest BCUT2D eigenvalue weighted by molar-refractivity contribution is -0.152. The van der Waals surface area contributed by atoms with Crippen LogP contribution in [0.15, 0.2) is 15.5 Å². The second kappa shape index (κ2) is 8.23. The maximum Gasteiger partial charge on any atom is 0.309 e. The molecular formula is C20H27N3O5S. The molecule has 9 heteroatoms. The molecule has 1 aliphatic heterocycles. The third kappa shape index (κ3) is 4.35. The molecule has 158 valence electrons. The third-order valence-corrected chi connectivity index (χ3v) is 7.76. The van der Waals surface area contributed by atoms with Crippen molar-refractivity contribution in [2.45, 2.75) is 59.0 Å². The van der Waals surface area contributed by atoms with Crippen molar-refractivity contribution in [3.05, 3.63) is 40.0 Å². The highest BCUT2D eigenvalue weighted by molar-refractivity contribution is 7.89. The number of piperidine rings is 1. The molecule has 1 aromatic heterocycles. The first-order chi connectivity index (χ1) is 13.6. The number of carbonyl (C=O) groups is 1. The van der Waals surface area contributed by atoms with Gasteiger partial charge in [0.2, 0.25) is 10.0 Å². The zero-order valence-corrected chi connectivity index (χ0v) is 18.3. The van der Waals surface area contributed by atoms with E-state index in [4.69, 9.17) is 9.26 Å². The lowest BCUT2D eigenvalue weighted by Gasteiger charge is -2.31. The van der Waals surface area contributed by atoms with Gasteiger partial charge >= 0.3 is 5.97 Å². The van der Waals surface area contributed by atoms with E-state index in [0.717, 1.165) is 22.3 Å². The molecule has 1 fully saturated rings. The molecule has 2 aromatic rings. The molecule has 0 saturated carbocycles. The van der Waals surface area contributed by atoms with Crippen LogP contribution in [0.4, 0.5) is 0 Å². The van der Waals surface area contributed by atoms with Crippen LogP contribution >= 0.6 is 0 Å². The lowest BCUT2D eigenvalue weighted by Crippen LogP contribution is -2.41. The van der Waals surface area contributed by atoms with Gasteiger partial charge in [0, 0.05) is 13.1 Å². The zero-order chi connectivity index (χ0) is 21.3. The van der Waals surface area contributed by atoms with E-state index in [9.17, 15) is 13.2 Å². The molecule has 0 atom stereocenters. The normalized spacial score (nSPS) is 16.2. The molecule has 1 saturated heterocycles. The fraction of sp³-hybridized carbons (Fsp3) is 0.550. The van der Waals surface area contributed by atoms with E-state index in [2.05, 4.69) is 10.1 Å².